The normalized spacial score (nSPS) is 14.2. The van der Waals surface area contributed by atoms with Crippen molar-refractivity contribution >= 4 is 11.6 Å². The number of nitrogens with two attached hydrogens (primary N) is 2. The van der Waals surface area contributed by atoms with E-state index in [0.29, 0.717) is 29.5 Å². The molecule has 0 amide bonds. The lowest BCUT2D eigenvalue weighted by molar-refractivity contribution is -0.132. The number of carboxylic acids is 1. The summed E-state index contributed by atoms with van der Waals surface area (Å²) in [7, 11) is 0. The van der Waals surface area contributed by atoms with E-state index in [0.717, 1.165) is 34.3 Å². The highest BCUT2D eigenvalue weighted by molar-refractivity contribution is 5.85. The van der Waals surface area contributed by atoms with E-state index in [9.17, 15) is 14.4 Å². The van der Waals surface area contributed by atoms with Gasteiger partial charge in [-0.05, 0) is 37.3 Å². The summed E-state index contributed by atoms with van der Waals surface area (Å²) in [6.45, 7) is 2.10. The minimum atomic E-state index is -1.28. The molecule has 1 aliphatic carbocycles. The van der Waals surface area contributed by atoms with Gasteiger partial charge in [0.05, 0.1) is 17.9 Å². The van der Waals surface area contributed by atoms with Gasteiger partial charge in [0.15, 0.2) is 5.65 Å². The second kappa shape index (κ2) is 7.72. The van der Waals surface area contributed by atoms with E-state index in [1.807, 2.05) is 12.3 Å². The standard InChI is InChI=1S/C19H22N8O4/c1-2-27-18(29)17(28)26(10-22-27)15-5-12(11-3-4-11)6-24-7-13(23-16(15)24)8-25(21)9-14(20)19(30)31/h5-7,9-11H,2-4,8,20-21H2,1H3,(H,30,31)/b14-9-. The summed E-state index contributed by atoms with van der Waals surface area (Å²) < 4.78 is 4.08. The quantitative estimate of drug-likeness (QED) is 0.195. The third kappa shape index (κ3) is 3.92. The highest BCUT2D eigenvalue weighted by Gasteiger charge is 2.26. The van der Waals surface area contributed by atoms with Gasteiger partial charge in [-0.3, -0.25) is 14.2 Å². The van der Waals surface area contributed by atoms with E-state index >= 15 is 0 Å². The van der Waals surface area contributed by atoms with Crippen LogP contribution in [-0.2, 0) is 17.9 Å². The van der Waals surface area contributed by atoms with Gasteiger partial charge in [-0.1, -0.05) is 0 Å². The van der Waals surface area contributed by atoms with Crippen molar-refractivity contribution in [3.05, 3.63) is 68.6 Å². The third-order valence-corrected chi connectivity index (χ3v) is 5.05. The number of pyridine rings is 1. The maximum absolute atomic E-state index is 12.7. The summed E-state index contributed by atoms with van der Waals surface area (Å²) in [4.78, 5) is 40.5. The summed E-state index contributed by atoms with van der Waals surface area (Å²) in [5.41, 5.74) is 6.00. The minimum Gasteiger partial charge on any atom is -0.477 e. The number of imidazole rings is 1. The Labute approximate surface area is 175 Å². The largest absolute Gasteiger partial charge is 0.477 e. The minimum absolute atomic E-state index is 0.0818. The fourth-order valence-corrected chi connectivity index (χ4v) is 3.34. The molecule has 12 nitrogen and oxygen atoms in total. The molecule has 0 aromatic carbocycles. The summed E-state index contributed by atoms with van der Waals surface area (Å²) >= 11 is 0. The summed E-state index contributed by atoms with van der Waals surface area (Å²) in [5.74, 6) is 4.94. The molecule has 5 N–H and O–H groups in total. The van der Waals surface area contributed by atoms with Crippen LogP contribution in [-0.4, -0.2) is 39.8 Å². The number of hydrogen-bond acceptors (Lipinski definition) is 8. The Hall–Kier alpha value is -3.93. The maximum atomic E-state index is 12.7. The van der Waals surface area contributed by atoms with Crippen molar-refractivity contribution in [2.24, 2.45) is 11.6 Å². The van der Waals surface area contributed by atoms with Crippen LogP contribution in [0.2, 0.25) is 0 Å². The van der Waals surface area contributed by atoms with E-state index in [-0.39, 0.29) is 6.54 Å². The zero-order valence-corrected chi connectivity index (χ0v) is 16.8. The second-order valence-electron chi connectivity index (χ2n) is 7.39. The van der Waals surface area contributed by atoms with E-state index in [1.165, 1.54) is 10.9 Å². The lowest BCUT2D eigenvalue weighted by Crippen LogP contribution is -2.41. The van der Waals surface area contributed by atoms with Crippen molar-refractivity contribution in [2.45, 2.75) is 38.8 Å². The average Bonchev–Trinajstić information content (AvgIpc) is 3.49. The highest BCUT2D eigenvalue weighted by atomic mass is 16.4. The Kier molecular flexibility index (Phi) is 5.07. The molecular weight excluding hydrogens is 404 g/mol. The van der Waals surface area contributed by atoms with E-state index in [4.69, 9.17) is 16.7 Å². The Balaban J connectivity index is 1.81. The van der Waals surface area contributed by atoms with E-state index < -0.39 is 22.8 Å². The molecule has 0 spiro atoms. The lowest BCUT2D eigenvalue weighted by Gasteiger charge is -2.11. The van der Waals surface area contributed by atoms with Crippen LogP contribution in [0.4, 0.5) is 0 Å². The van der Waals surface area contributed by atoms with Crippen LogP contribution in [0.3, 0.4) is 0 Å². The summed E-state index contributed by atoms with van der Waals surface area (Å²) in [6, 6.07) is 1.85. The number of nitrogens with zero attached hydrogens (tertiary/aromatic N) is 6. The van der Waals surface area contributed by atoms with Gasteiger partial charge in [0.25, 0.3) is 0 Å². The molecule has 0 atom stereocenters. The average molecular weight is 426 g/mol. The number of aryl methyl sites for hydroxylation is 1. The first-order chi connectivity index (χ1) is 14.8. The molecule has 0 unspecified atom stereocenters. The number of aliphatic carboxylic acids is 1. The predicted molar refractivity (Wildman–Crippen MR) is 110 cm³/mol. The topological polar surface area (TPSA) is 167 Å². The molecule has 162 valence electrons. The molecule has 0 radical (unpaired) electrons. The van der Waals surface area contributed by atoms with Gasteiger partial charge in [-0.25, -0.2) is 20.3 Å². The Morgan fingerprint density at radius 1 is 1.32 bits per heavy atom. The van der Waals surface area contributed by atoms with Gasteiger partial charge in [0.1, 0.15) is 12.0 Å². The molecule has 12 heteroatoms. The van der Waals surface area contributed by atoms with E-state index in [1.54, 1.807) is 17.5 Å². The smallest absolute Gasteiger partial charge is 0.353 e. The molecule has 31 heavy (non-hydrogen) atoms. The van der Waals surface area contributed by atoms with Gasteiger partial charge < -0.3 is 20.2 Å². The first-order valence-electron chi connectivity index (χ1n) is 9.71. The molecular formula is C19H22N8O4. The molecule has 3 aromatic rings. The number of fused-ring (bicyclic) bond motifs is 1. The number of rotatable bonds is 7. The monoisotopic (exact) mass is 426 g/mol. The number of hydrogen-bond donors (Lipinski definition) is 3. The maximum Gasteiger partial charge on any atom is 0.353 e. The number of carbonyl (C=O) groups is 1. The summed E-state index contributed by atoms with van der Waals surface area (Å²) in [5, 5.41) is 14.1. The number of carboxylic acid groups (broad SMARTS) is 1. The van der Waals surface area contributed by atoms with Crippen LogP contribution in [0.15, 0.2) is 46.3 Å². The molecule has 0 aliphatic heterocycles. The second-order valence-corrected chi connectivity index (χ2v) is 7.39. The fourth-order valence-electron chi connectivity index (χ4n) is 3.34. The fraction of sp³-hybridized carbons (Fsp3) is 0.316. The van der Waals surface area contributed by atoms with Crippen LogP contribution in [0, 0.1) is 0 Å². The van der Waals surface area contributed by atoms with E-state index in [2.05, 4.69) is 10.1 Å². The van der Waals surface area contributed by atoms with Crippen molar-refractivity contribution in [1.29, 1.82) is 0 Å². The lowest BCUT2D eigenvalue weighted by atomic mass is 10.2. The first-order valence-corrected chi connectivity index (χ1v) is 9.71. The van der Waals surface area contributed by atoms with Gasteiger partial charge in [-0.15, -0.1) is 0 Å². The zero-order valence-electron chi connectivity index (χ0n) is 16.8. The van der Waals surface area contributed by atoms with Crippen LogP contribution in [0.1, 0.15) is 36.9 Å². The predicted octanol–water partition coefficient (Wildman–Crippen LogP) is -0.500. The number of hydrazine groups is 1. The molecule has 1 aliphatic rings. The van der Waals surface area contributed by atoms with Crippen LogP contribution in [0.25, 0.3) is 11.3 Å². The van der Waals surface area contributed by atoms with Crippen molar-refractivity contribution in [1.82, 2.24) is 28.7 Å². The van der Waals surface area contributed by atoms with Crippen molar-refractivity contribution in [3.63, 3.8) is 0 Å². The highest BCUT2D eigenvalue weighted by Crippen LogP contribution is 2.40. The van der Waals surface area contributed by atoms with Crippen LogP contribution >= 0.6 is 0 Å². The molecule has 1 fully saturated rings. The number of aromatic nitrogens is 5. The first kappa shape index (κ1) is 20.3. The molecule has 0 saturated heterocycles. The Morgan fingerprint density at radius 2 is 2.06 bits per heavy atom. The summed E-state index contributed by atoms with van der Waals surface area (Å²) in [6.07, 6.45) is 8.18. The van der Waals surface area contributed by atoms with Gasteiger partial charge >= 0.3 is 17.1 Å². The molecule has 0 bridgehead atoms. The molecule has 4 rings (SSSR count). The molecule has 3 heterocycles. The van der Waals surface area contributed by atoms with Crippen molar-refractivity contribution in [3.8, 4) is 5.69 Å². The Morgan fingerprint density at radius 3 is 2.71 bits per heavy atom. The van der Waals surface area contributed by atoms with Gasteiger partial charge in [-0.2, -0.15) is 5.10 Å². The van der Waals surface area contributed by atoms with Gasteiger partial charge in [0, 0.05) is 25.1 Å². The molecule has 3 aromatic heterocycles. The molecule has 1 saturated carbocycles. The SMILES string of the molecule is CCn1ncn(-c2cc(C3CC3)cn3cc(CN(N)/C=C(\N)C(=O)O)nc23)c(=O)c1=O. The van der Waals surface area contributed by atoms with Crippen LogP contribution in [0.5, 0.6) is 0 Å². The zero-order chi connectivity index (χ0) is 22.3. The Bertz CT molecular complexity index is 1310. The van der Waals surface area contributed by atoms with Crippen molar-refractivity contribution in [2.75, 3.05) is 0 Å². The van der Waals surface area contributed by atoms with Gasteiger partial charge in [0.2, 0.25) is 0 Å². The van der Waals surface area contributed by atoms with Crippen LogP contribution < -0.4 is 22.7 Å². The van der Waals surface area contributed by atoms with Crippen molar-refractivity contribution < 1.29 is 9.90 Å². The third-order valence-electron chi connectivity index (χ3n) is 5.05.